The molecule has 1 aromatic carbocycles. The van der Waals surface area contributed by atoms with Gasteiger partial charge in [0.25, 0.3) is 5.91 Å². The number of fused-ring (bicyclic) bond motifs is 1. The molecular formula is C20H22ClN5O. The Kier molecular flexibility index (Phi) is 4.99. The van der Waals surface area contributed by atoms with Gasteiger partial charge in [0.05, 0.1) is 35.4 Å². The topological polar surface area (TPSA) is 64.7 Å². The van der Waals surface area contributed by atoms with Crippen molar-refractivity contribution in [1.29, 1.82) is 0 Å². The van der Waals surface area contributed by atoms with Crippen molar-refractivity contribution < 1.29 is 4.79 Å². The number of carbonyl (C=O) groups excluding carboxylic acids is 1. The maximum atomic E-state index is 12.7. The Morgan fingerprint density at radius 2 is 2.22 bits per heavy atom. The van der Waals surface area contributed by atoms with Gasteiger partial charge in [-0.2, -0.15) is 5.10 Å². The zero-order valence-electron chi connectivity index (χ0n) is 15.3. The van der Waals surface area contributed by atoms with E-state index in [0.29, 0.717) is 23.6 Å². The number of hydrogen-bond acceptors (Lipinski definition) is 3. The normalized spacial score (nSPS) is 13.4. The lowest BCUT2D eigenvalue weighted by molar-refractivity contribution is 0.0949. The molecule has 2 aromatic heterocycles. The smallest absolute Gasteiger partial charge is 0.255 e. The summed E-state index contributed by atoms with van der Waals surface area (Å²) in [6.45, 7) is 3.45. The Labute approximate surface area is 163 Å². The molecule has 0 spiro atoms. The first-order valence-corrected chi connectivity index (χ1v) is 9.69. The monoisotopic (exact) mass is 383 g/mol. The van der Waals surface area contributed by atoms with Crippen LogP contribution in [-0.4, -0.2) is 25.2 Å². The van der Waals surface area contributed by atoms with Crippen molar-refractivity contribution >= 4 is 17.5 Å². The second kappa shape index (κ2) is 7.56. The fraction of sp³-hybridized carbons (Fsp3) is 0.350. The minimum Gasteiger partial charge on any atom is -0.346 e. The first-order valence-electron chi connectivity index (χ1n) is 9.31. The number of imidazole rings is 1. The van der Waals surface area contributed by atoms with Gasteiger partial charge in [0, 0.05) is 24.2 Å². The molecule has 1 amide bonds. The Balaban J connectivity index is 1.51. The molecule has 140 valence electrons. The van der Waals surface area contributed by atoms with E-state index < -0.39 is 0 Å². The maximum absolute atomic E-state index is 12.7. The largest absolute Gasteiger partial charge is 0.346 e. The van der Waals surface area contributed by atoms with E-state index in [1.54, 1.807) is 10.9 Å². The summed E-state index contributed by atoms with van der Waals surface area (Å²) in [5.41, 5.74) is 3.20. The van der Waals surface area contributed by atoms with Crippen molar-refractivity contribution in [2.75, 3.05) is 0 Å². The molecule has 7 heteroatoms. The van der Waals surface area contributed by atoms with Crippen LogP contribution in [0.5, 0.6) is 0 Å². The van der Waals surface area contributed by atoms with E-state index in [0.717, 1.165) is 35.9 Å². The predicted octanol–water partition coefficient (Wildman–Crippen LogP) is 3.55. The molecule has 0 bridgehead atoms. The van der Waals surface area contributed by atoms with Gasteiger partial charge in [-0.05, 0) is 37.5 Å². The van der Waals surface area contributed by atoms with Crippen molar-refractivity contribution in [2.24, 2.45) is 0 Å². The van der Waals surface area contributed by atoms with Crippen molar-refractivity contribution in [2.45, 2.75) is 45.7 Å². The standard InChI is InChI=1S/C20H22ClN5O/c1-2-18-17(12-23-26(18)16-7-5-6-14(21)10-16)20(27)22-11-15-13-25-9-4-3-8-19(25)24-15/h5-7,10,12-13H,2-4,8-9,11H2,1H3,(H,22,27). The minimum absolute atomic E-state index is 0.133. The van der Waals surface area contributed by atoms with Crippen LogP contribution in [0.15, 0.2) is 36.7 Å². The molecule has 3 heterocycles. The molecule has 27 heavy (non-hydrogen) atoms. The van der Waals surface area contributed by atoms with Gasteiger partial charge in [-0.15, -0.1) is 0 Å². The van der Waals surface area contributed by atoms with Gasteiger partial charge in [0.15, 0.2) is 0 Å². The molecule has 0 radical (unpaired) electrons. The number of nitrogens with zero attached hydrogens (tertiary/aromatic N) is 4. The lowest BCUT2D eigenvalue weighted by Gasteiger charge is -2.11. The van der Waals surface area contributed by atoms with Crippen molar-refractivity contribution in [3.8, 4) is 5.69 Å². The molecule has 4 rings (SSSR count). The van der Waals surface area contributed by atoms with Gasteiger partial charge in [-0.3, -0.25) is 4.79 Å². The number of aromatic nitrogens is 4. The molecule has 0 aliphatic carbocycles. The molecule has 1 aliphatic heterocycles. The highest BCUT2D eigenvalue weighted by molar-refractivity contribution is 6.30. The highest BCUT2D eigenvalue weighted by atomic mass is 35.5. The number of aryl methyl sites for hydroxylation is 2. The zero-order valence-corrected chi connectivity index (χ0v) is 16.0. The molecule has 0 saturated carbocycles. The van der Waals surface area contributed by atoms with Crippen LogP contribution < -0.4 is 5.32 Å². The Bertz CT molecular complexity index is 951. The van der Waals surface area contributed by atoms with Crippen molar-refractivity contribution in [3.63, 3.8) is 0 Å². The number of nitrogens with one attached hydrogen (secondary N) is 1. The van der Waals surface area contributed by atoms with Crippen LogP contribution in [0.25, 0.3) is 5.69 Å². The summed E-state index contributed by atoms with van der Waals surface area (Å²) in [6, 6.07) is 7.46. The van der Waals surface area contributed by atoms with Gasteiger partial charge >= 0.3 is 0 Å². The fourth-order valence-corrected chi connectivity index (χ4v) is 3.74. The molecule has 1 aliphatic rings. The van der Waals surface area contributed by atoms with Crippen LogP contribution in [0, 0.1) is 0 Å². The first-order chi connectivity index (χ1) is 13.2. The third kappa shape index (κ3) is 3.62. The lowest BCUT2D eigenvalue weighted by atomic mass is 10.2. The summed E-state index contributed by atoms with van der Waals surface area (Å²) < 4.78 is 3.97. The van der Waals surface area contributed by atoms with Crippen molar-refractivity contribution in [3.05, 3.63) is 64.5 Å². The lowest BCUT2D eigenvalue weighted by Crippen LogP contribution is -2.24. The molecular weight excluding hydrogens is 362 g/mol. The van der Waals surface area contributed by atoms with Crippen LogP contribution in [0.2, 0.25) is 5.02 Å². The molecule has 0 unspecified atom stereocenters. The highest BCUT2D eigenvalue weighted by Gasteiger charge is 2.18. The fourth-order valence-electron chi connectivity index (χ4n) is 3.56. The van der Waals surface area contributed by atoms with E-state index in [-0.39, 0.29) is 5.91 Å². The summed E-state index contributed by atoms with van der Waals surface area (Å²) in [6.07, 6.45) is 7.75. The van der Waals surface area contributed by atoms with Gasteiger partial charge in [-0.1, -0.05) is 24.6 Å². The van der Waals surface area contributed by atoms with E-state index in [1.807, 2.05) is 37.4 Å². The molecule has 3 aromatic rings. The van der Waals surface area contributed by atoms with Crippen LogP contribution in [-0.2, 0) is 25.9 Å². The first kappa shape index (κ1) is 17.8. The number of rotatable bonds is 5. The van der Waals surface area contributed by atoms with Gasteiger partial charge in [0.1, 0.15) is 5.82 Å². The molecule has 6 nitrogen and oxygen atoms in total. The van der Waals surface area contributed by atoms with E-state index in [9.17, 15) is 4.79 Å². The molecule has 0 saturated heterocycles. The van der Waals surface area contributed by atoms with Crippen LogP contribution in [0.1, 0.15) is 47.3 Å². The third-order valence-electron chi connectivity index (χ3n) is 4.89. The number of hydrogen-bond donors (Lipinski definition) is 1. The van der Waals surface area contributed by atoms with Gasteiger partial charge in [-0.25, -0.2) is 9.67 Å². The second-order valence-electron chi connectivity index (χ2n) is 6.73. The van der Waals surface area contributed by atoms with Crippen LogP contribution in [0.3, 0.4) is 0 Å². The average molecular weight is 384 g/mol. The van der Waals surface area contributed by atoms with E-state index in [2.05, 4.69) is 20.0 Å². The Hall–Kier alpha value is -2.60. The minimum atomic E-state index is -0.133. The predicted molar refractivity (Wildman–Crippen MR) is 104 cm³/mol. The number of carbonyl (C=O) groups is 1. The third-order valence-corrected chi connectivity index (χ3v) is 5.12. The number of benzene rings is 1. The molecule has 1 N–H and O–H groups in total. The Morgan fingerprint density at radius 1 is 1.33 bits per heavy atom. The summed E-state index contributed by atoms with van der Waals surface area (Å²) in [4.78, 5) is 17.4. The molecule has 0 fully saturated rings. The number of halogens is 1. The highest BCUT2D eigenvalue weighted by Crippen LogP contribution is 2.19. The summed E-state index contributed by atoms with van der Waals surface area (Å²) in [5.74, 6) is 0.986. The van der Waals surface area contributed by atoms with Gasteiger partial charge in [0.2, 0.25) is 0 Å². The van der Waals surface area contributed by atoms with E-state index >= 15 is 0 Å². The number of amides is 1. The summed E-state index contributed by atoms with van der Waals surface area (Å²) in [5, 5.41) is 8.02. The summed E-state index contributed by atoms with van der Waals surface area (Å²) in [7, 11) is 0. The van der Waals surface area contributed by atoms with E-state index in [1.165, 1.54) is 12.8 Å². The molecule has 0 atom stereocenters. The maximum Gasteiger partial charge on any atom is 0.255 e. The zero-order chi connectivity index (χ0) is 18.8. The Morgan fingerprint density at radius 3 is 3.00 bits per heavy atom. The van der Waals surface area contributed by atoms with Crippen LogP contribution in [0.4, 0.5) is 0 Å². The van der Waals surface area contributed by atoms with E-state index in [4.69, 9.17) is 11.6 Å². The van der Waals surface area contributed by atoms with Crippen molar-refractivity contribution in [1.82, 2.24) is 24.6 Å². The second-order valence-corrected chi connectivity index (χ2v) is 7.17. The quantitative estimate of drug-likeness (QED) is 0.732. The van der Waals surface area contributed by atoms with Gasteiger partial charge < -0.3 is 9.88 Å². The SMILES string of the molecule is CCc1c(C(=O)NCc2cn3c(n2)CCCC3)cnn1-c1cccc(Cl)c1. The summed E-state index contributed by atoms with van der Waals surface area (Å²) >= 11 is 6.09. The van der Waals surface area contributed by atoms with Crippen LogP contribution >= 0.6 is 11.6 Å². The average Bonchev–Trinajstić information content (AvgIpc) is 3.29.